The van der Waals surface area contributed by atoms with Gasteiger partial charge in [0.15, 0.2) is 6.61 Å². The number of amides is 1. The molecule has 1 amide bonds. The fraction of sp³-hybridized carbons (Fsp3) is 0.333. The maximum absolute atomic E-state index is 12.1. The topological polar surface area (TPSA) is 65.4 Å². The van der Waals surface area contributed by atoms with Crippen molar-refractivity contribution in [2.75, 3.05) is 11.9 Å². The third-order valence-electron chi connectivity index (χ3n) is 2.85. The normalized spacial score (nSPS) is 11.4. The van der Waals surface area contributed by atoms with Gasteiger partial charge in [0.05, 0.1) is 6.20 Å². The number of ether oxygens (including phenoxy) is 2. The number of anilines is 1. The average molecular weight is 343 g/mol. The molecular weight excluding hydrogens is 327 g/mol. The first-order valence-electron chi connectivity index (χ1n) is 7.06. The first-order valence-corrected chi connectivity index (χ1v) is 7.06. The van der Waals surface area contributed by atoms with Crippen molar-refractivity contribution in [1.29, 1.82) is 0 Å². The predicted octanol–water partition coefficient (Wildman–Crippen LogP) is 3.38. The molecular formula is C15H16F3N3O3. The summed E-state index contributed by atoms with van der Waals surface area (Å²) in [5, 5.41) is 6.73. The van der Waals surface area contributed by atoms with E-state index in [4.69, 9.17) is 4.74 Å². The number of halogens is 3. The molecule has 0 bridgehead atoms. The van der Waals surface area contributed by atoms with Crippen molar-refractivity contribution >= 4 is 11.7 Å². The summed E-state index contributed by atoms with van der Waals surface area (Å²) in [5.74, 6) is 0.0118. The third kappa shape index (κ3) is 5.18. The van der Waals surface area contributed by atoms with Gasteiger partial charge in [0.2, 0.25) is 0 Å². The second kappa shape index (κ2) is 7.24. The van der Waals surface area contributed by atoms with Gasteiger partial charge in [-0.3, -0.25) is 4.79 Å². The van der Waals surface area contributed by atoms with Gasteiger partial charge in [-0.05, 0) is 38.1 Å². The molecule has 0 aliphatic carbocycles. The lowest BCUT2D eigenvalue weighted by molar-refractivity contribution is -0.274. The number of nitrogens with zero attached hydrogens (tertiary/aromatic N) is 2. The molecule has 0 saturated carbocycles. The van der Waals surface area contributed by atoms with Gasteiger partial charge >= 0.3 is 6.36 Å². The van der Waals surface area contributed by atoms with Crippen molar-refractivity contribution in [2.45, 2.75) is 26.3 Å². The quantitative estimate of drug-likeness (QED) is 0.873. The van der Waals surface area contributed by atoms with Crippen LogP contribution < -0.4 is 14.8 Å². The summed E-state index contributed by atoms with van der Waals surface area (Å²) in [5.41, 5.74) is 0. The Kier molecular flexibility index (Phi) is 5.32. The van der Waals surface area contributed by atoms with Crippen LogP contribution in [0.25, 0.3) is 0 Å². The van der Waals surface area contributed by atoms with Crippen LogP contribution >= 0.6 is 0 Å². The van der Waals surface area contributed by atoms with Gasteiger partial charge in [-0.2, -0.15) is 5.10 Å². The highest BCUT2D eigenvalue weighted by Crippen LogP contribution is 2.24. The van der Waals surface area contributed by atoms with Gasteiger partial charge < -0.3 is 14.8 Å². The monoisotopic (exact) mass is 343 g/mol. The van der Waals surface area contributed by atoms with Gasteiger partial charge in [0, 0.05) is 12.1 Å². The van der Waals surface area contributed by atoms with E-state index in [0.29, 0.717) is 5.82 Å². The largest absolute Gasteiger partial charge is 0.573 e. The van der Waals surface area contributed by atoms with Crippen LogP contribution in [-0.4, -0.2) is 28.7 Å². The molecule has 0 saturated heterocycles. The van der Waals surface area contributed by atoms with Crippen LogP contribution in [0.15, 0.2) is 36.5 Å². The summed E-state index contributed by atoms with van der Waals surface area (Å²) in [6.45, 7) is 3.55. The summed E-state index contributed by atoms with van der Waals surface area (Å²) in [6, 6.07) is 6.52. The lowest BCUT2D eigenvalue weighted by Crippen LogP contribution is -2.22. The number of benzene rings is 1. The van der Waals surface area contributed by atoms with E-state index in [9.17, 15) is 18.0 Å². The number of rotatable bonds is 6. The van der Waals surface area contributed by atoms with Crippen molar-refractivity contribution in [3.8, 4) is 11.5 Å². The van der Waals surface area contributed by atoms with E-state index in [1.54, 1.807) is 16.9 Å². The van der Waals surface area contributed by atoms with Gasteiger partial charge in [0.25, 0.3) is 5.91 Å². The predicted molar refractivity (Wildman–Crippen MR) is 79.9 cm³/mol. The van der Waals surface area contributed by atoms with E-state index in [0.717, 1.165) is 12.1 Å². The average Bonchev–Trinajstić information content (AvgIpc) is 2.93. The lowest BCUT2D eigenvalue weighted by atomic mass is 10.3. The van der Waals surface area contributed by atoms with Crippen LogP contribution in [0.1, 0.15) is 19.9 Å². The summed E-state index contributed by atoms with van der Waals surface area (Å²) in [4.78, 5) is 11.9. The highest BCUT2D eigenvalue weighted by molar-refractivity contribution is 5.91. The maximum atomic E-state index is 12.1. The van der Waals surface area contributed by atoms with Crippen LogP contribution in [0.2, 0.25) is 0 Å². The molecule has 0 unspecified atom stereocenters. The molecule has 0 radical (unpaired) electrons. The van der Waals surface area contributed by atoms with Crippen molar-refractivity contribution in [3.63, 3.8) is 0 Å². The van der Waals surface area contributed by atoms with E-state index in [1.165, 1.54) is 12.1 Å². The second-order valence-electron chi connectivity index (χ2n) is 5.11. The van der Waals surface area contributed by atoms with E-state index < -0.39 is 12.3 Å². The van der Waals surface area contributed by atoms with E-state index in [2.05, 4.69) is 15.2 Å². The zero-order valence-corrected chi connectivity index (χ0v) is 13.0. The fourth-order valence-electron chi connectivity index (χ4n) is 1.89. The lowest BCUT2D eigenvalue weighted by Gasteiger charge is -2.12. The number of nitrogens with one attached hydrogen (secondary N) is 1. The first-order chi connectivity index (χ1) is 11.2. The van der Waals surface area contributed by atoms with Crippen LogP contribution in [0.3, 0.4) is 0 Å². The molecule has 1 aromatic heterocycles. The van der Waals surface area contributed by atoms with E-state index in [1.807, 2.05) is 13.8 Å². The van der Waals surface area contributed by atoms with E-state index in [-0.39, 0.29) is 24.1 Å². The Morgan fingerprint density at radius 3 is 2.42 bits per heavy atom. The standard InChI is InChI=1S/C15H16F3N3O3/c1-10(2)21-13(7-8-19-21)20-14(22)9-23-11-3-5-12(6-4-11)24-15(16,17)18/h3-8,10H,9H2,1-2H3,(H,20,22). The molecule has 0 atom stereocenters. The van der Waals surface area contributed by atoms with Crippen molar-refractivity contribution < 1.29 is 27.4 Å². The van der Waals surface area contributed by atoms with Gasteiger partial charge in [0.1, 0.15) is 17.3 Å². The minimum Gasteiger partial charge on any atom is -0.484 e. The zero-order chi connectivity index (χ0) is 17.7. The molecule has 0 aliphatic heterocycles. The summed E-state index contributed by atoms with van der Waals surface area (Å²) < 4.78 is 46.8. The first kappa shape index (κ1) is 17.6. The number of carbonyl (C=O) groups is 1. The Morgan fingerprint density at radius 2 is 1.83 bits per heavy atom. The molecule has 0 fully saturated rings. The van der Waals surface area contributed by atoms with Crippen LogP contribution in [0.4, 0.5) is 19.0 Å². The Morgan fingerprint density at radius 1 is 1.21 bits per heavy atom. The Bertz CT molecular complexity index is 681. The molecule has 6 nitrogen and oxygen atoms in total. The number of carbonyl (C=O) groups excluding carboxylic acids is 1. The zero-order valence-electron chi connectivity index (χ0n) is 13.0. The molecule has 9 heteroatoms. The van der Waals surface area contributed by atoms with Crippen molar-refractivity contribution in [3.05, 3.63) is 36.5 Å². The summed E-state index contributed by atoms with van der Waals surface area (Å²) in [6.07, 6.45) is -3.18. The van der Waals surface area contributed by atoms with E-state index >= 15 is 0 Å². The minimum absolute atomic E-state index is 0.0809. The molecule has 0 spiro atoms. The van der Waals surface area contributed by atoms with Gasteiger partial charge in [-0.25, -0.2) is 4.68 Å². The number of alkyl halides is 3. The van der Waals surface area contributed by atoms with Crippen LogP contribution in [-0.2, 0) is 4.79 Å². The molecule has 130 valence electrons. The van der Waals surface area contributed by atoms with Crippen LogP contribution in [0.5, 0.6) is 11.5 Å². The Balaban J connectivity index is 1.86. The molecule has 1 aromatic carbocycles. The molecule has 0 aliphatic rings. The minimum atomic E-state index is -4.75. The third-order valence-corrected chi connectivity index (χ3v) is 2.85. The molecule has 2 aromatic rings. The highest BCUT2D eigenvalue weighted by Gasteiger charge is 2.30. The molecule has 2 rings (SSSR count). The number of hydrogen-bond donors (Lipinski definition) is 1. The Labute approximate surface area is 136 Å². The molecule has 1 N–H and O–H groups in total. The van der Waals surface area contributed by atoms with Crippen molar-refractivity contribution in [1.82, 2.24) is 9.78 Å². The van der Waals surface area contributed by atoms with Crippen molar-refractivity contribution in [2.24, 2.45) is 0 Å². The highest BCUT2D eigenvalue weighted by atomic mass is 19.4. The van der Waals surface area contributed by atoms with Crippen LogP contribution in [0, 0.1) is 0 Å². The van der Waals surface area contributed by atoms with Gasteiger partial charge in [-0.1, -0.05) is 0 Å². The number of aromatic nitrogens is 2. The Hall–Kier alpha value is -2.71. The van der Waals surface area contributed by atoms with Gasteiger partial charge in [-0.15, -0.1) is 13.2 Å². The second-order valence-corrected chi connectivity index (χ2v) is 5.11. The molecule has 24 heavy (non-hydrogen) atoms. The smallest absolute Gasteiger partial charge is 0.484 e. The molecule has 1 heterocycles. The summed E-state index contributed by atoms with van der Waals surface area (Å²) >= 11 is 0. The fourth-order valence-corrected chi connectivity index (χ4v) is 1.89. The summed E-state index contributed by atoms with van der Waals surface area (Å²) in [7, 11) is 0. The SMILES string of the molecule is CC(C)n1nccc1NC(=O)COc1ccc(OC(F)(F)F)cc1. The maximum Gasteiger partial charge on any atom is 0.573 e. The number of hydrogen-bond acceptors (Lipinski definition) is 4.